The number of carbonyl (C=O) groups is 3. The third-order valence-corrected chi connectivity index (χ3v) is 4.01. The fourth-order valence-electron chi connectivity index (χ4n) is 2.90. The van der Waals surface area contributed by atoms with Crippen LogP contribution in [-0.4, -0.2) is 39.3 Å². The number of anilines is 2. The fourth-order valence-corrected chi connectivity index (χ4v) is 2.90. The Morgan fingerprint density at radius 3 is 2.64 bits per heavy atom. The second-order valence-corrected chi connectivity index (χ2v) is 6.21. The lowest BCUT2D eigenvalue weighted by atomic mass is 10.1. The Labute approximate surface area is 161 Å². The van der Waals surface area contributed by atoms with Crippen LogP contribution < -0.4 is 16.0 Å². The van der Waals surface area contributed by atoms with Gasteiger partial charge >= 0.3 is 0 Å². The molecule has 9 heteroatoms. The van der Waals surface area contributed by atoms with Crippen molar-refractivity contribution in [1.82, 2.24) is 19.9 Å². The molecule has 0 atom stereocenters. The number of nitrogens with zero attached hydrogens (tertiary/aromatic N) is 3. The van der Waals surface area contributed by atoms with Crippen LogP contribution in [0.1, 0.15) is 23.1 Å². The third kappa shape index (κ3) is 3.98. The van der Waals surface area contributed by atoms with E-state index in [9.17, 15) is 14.4 Å². The minimum absolute atomic E-state index is 0.101. The van der Waals surface area contributed by atoms with Crippen molar-refractivity contribution < 1.29 is 14.4 Å². The van der Waals surface area contributed by atoms with Gasteiger partial charge < -0.3 is 15.2 Å². The fraction of sp³-hybridized carbons (Fsp3) is 0.211. The molecule has 0 aliphatic heterocycles. The van der Waals surface area contributed by atoms with Crippen LogP contribution in [0.25, 0.3) is 10.9 Å². The predicted molar refractivity (Wildman–Crippen MR) is 105 cm³/mol. The smallest absolute Gasteiger partial charge is 0.278 e. The van der Waals surface area contributed by atoms with Gasteiger partial charge in [-0.25, -0.2) is 4.98 Å². The molecule has 3 amide bonds. The van der Waals surface area contributed by atoms with E-state index < -0.39 is 11.8 Å². The van der Waals surface area contributed by atoms with Crippen LogP contribution in [0.15, 0.2) is 36.7 Å². The monoisotopic (exact) mass is 380 g/mol. The number of para-hydroxylation sites is 1. The lowest BCUT2D eigenvalue weighted by Gasteiger charge is -2.12. The number of fused-ring (bicyclic) bond motifs is 1. The minimum atomic E-state index is -0.632. The molecule has 0 saturated heterocycles. The van der Waals surface area contributed by atoms with Gasteiger partial charge in [-0.2, -0.15) is 0 Å². The predicted octanol–water partition coefficient (Wildman–Crippen LogP) is 1.70. The summed E-state index contributed by atoms with van der Waals surface area (Å²) in [4.78, 5) is 44.7. The van der Waals surface area contributed by atoms with Crippen LogP contribution in [0.4, 0.5) is 11.5 Å². The summed E-state index contributed by atoms with van der Waals surface area (Å²) in [6, 6.07) is 9.28. The van der Waals surface area contributed by atoms with Crippen molar-refractivity contribution in [3.63, 3.8) is 0 Å². The number of pyridine rings is 1. The van der Waals surface area contributed by atoms with Crippen LogP contribution in [0.5, 0.6) is 0 Å². The van der Waals surface area contributed by atoms with Gasteiger partial charge in [0.25, 0.3) is 5.91 Å². The summed E-state index contributed by atoms with van der Waals surface area (Å²) >= 11 is 0. The van der Waals surface area contributed by atoms with Crippen molar-refractivity contribution >= 4 is 40.1 Å². The summed E-state index contributed by atoms with van der Waals surface area (Å²) in [5.74, 6) is -1.19. The van der Waals surface area contributed by atoms with Gasteiger partial charge in [0.2, 0.25) is 11.8 Å². The van der Waals surface area contributed by atoms with Crippen LogP contribution in [0.2, 0.25) is 0 Å². The van der Waals surface area contributed by atoms with Crippen LogP contribution in [0, 0.1) is 6.92 Å². The first-order valence-corrected chi connectivity index (χ1v) is 8.60. The van der Waals surface area contributed by atoms with E-state index in [1.807, 2.05) is 31.2 Å². The van der Waals surface area contributed by atoms with E-state index in [1.165, 1.54) is 17.8 Å². The Bertz CT molecular complexity index is 1070. The number of imide groups is 1. The highest BCUT2D eigenvalue weighted by molar-refractivity contribution is 6.06. The average Bonchev–Trinajstić information content (AvgIpc) is 3.03. The van der Waals surface area contributed by atoms with Gasteiger partial charge in [0.15, 0.2) is 11.5 Å². The summed E-state index contributed by atoms with van der Waals surface area (Å²) < 4.78 is 1.38. The largest absolute Gasteiger partial charge is 0.371 e. The zero-order valence-electron chi connectivity index (χ0n) is 15.7. The molecule has 0 fully saturated rings. The first-order valence-electron chi connectivity index (χ1n) is 8.60. The first kappa shape index (κ1) is 19.0. The molecule has 3 rings (SSSR count). The van der Waals surface area contributed by atoms with Crippen molar-refractivity contribution in [3.8, 4) is 0 Å². The third-order valence-electron chi connectivity index (χ3n) is 4.01. The van der Waals surface area contributed by atoms with E-state index in [4.69, 9.17) is 0 Å². The summed E-state index contributed by atoms with van der Waals surface area (Å²) in [6.45, 7) is 2.94. The number of aromatic nitrogens is 3. The molecular weight excluding hydrogens is 360 g/mol. The zero-order chi connectivity index (χ0) is 20.3. The Kier molecular flexibility index (Phi) is 5.35. The van der Waals surface area contributed by atoms with Gasteiger partial charge in [0, 0.05) is 25.1 Å². The van der Waals surface area contributed by atoms with Gasteiger partial charge in [0.1, 0.15) is 6.54 Å². The van der Waals surface area contributed by atoms with Gasteiger partial charge in [-0.3, -0.25) is 24.7 Å². The normalized spacial score (nSPS) is 10.5. The number of hydrogen-bond acceptors (Lipinski definition) is 6. The Morgan fingerprint density at radius 2 is 1.93 bits per heavy atom. The van der Waals surface area contributed by atoms with Gasteiger partial charge in [-0.15, -0.1) is 0 Å². The van der Waals surface area contributed by atoms with Crippen molar-refractivity contribution in [2.24, 2.45) is 0 Å². The maximum absolute atomic E-state index is 12.6. The zero-order valence-corrected chi connectivity index (χ0v) is 15.7. The van der Waals surface area contributed by atoms with Gasteiger partial charge in [0.05, 0.1) is 17.5 Å². The summed E-state index contributed by atoms with van der Waals surface area (Å²) in [7, 11) is 1.60. The Balaban J connectivity index is 1.86. The number of rotatable bonds is 5. The molecule has 28 heavy (non-hydrogen) atoms. The second kappa shape index (κ2) is 7.87. The maximum atomic E-state index is 12.6. The van der Waals surface area contributed by atoms with Crippen LogP contribution in [0.3, 0.4) is 0 Å². The minimum Gasteiger partial charge on any atom is -0.371 e. The van der Waals surface area contributed by atoms with Gasteiger partial charge in [-0.1, -0.05) is 18.2 Å². The second-order valence-electron chi connectivity index (χ2n) is 6.21. The number of nitrogens with one attached hydrogen (secondary N) is 3. The van der Waals surface area contributed by atoms with E-state index in [1.54, 1.807) is 13.1 Å². The number of hydrogen-bond donors (Lipinski definition) is 3. The summed E-state index contributed by atoms with van der Waals surface area (Å²) in [5, 5.41) is 8.66. The number of carbonyl (C=O) groups excluding carboxylic acids is 3. The number of aryl methyl sites for hydroxylation is 1. The molecule has 0 radical (unpaired) electrons. The lowest BCUT2D eigenvalue weighted by Crippen LogP contribution is -2.31. The molecule has 0 unspecified atom stereocenters. The van der Waals surface area contributed by atoms with E-state index in [-0.39, 0.29) is 24.0 Å². The quantitative estimate of drug-likeness (QED) is 0.620. The van der Waals surface area contributed by atoms with Crippen LogP contribution >= 0.6 is 0 Å². The van der Waals surface area contributed by atoms with Crippen LogP contribution in [-0.2, 0) is 16.1 Å². The lowest BCUT2D eigenvalue weighted by molar-refractivity contribution is -0.118. The molecule has 0 spiro atoms. The number of benzene rings is 1. The molecule has 0 aliphatic carbocycles. The molecule has 9 nitrogen and oxygen atoms in total. The molecule has 3 N–H and O–H groups in total. The molecule has 2 heterocycles. The van der Waals surface area contributed by atoms with Crippen molar-refractivity contribution in [3.05, 3.63) is 48.0 Å². The topological polar surface area (TPSA) is 118 Å². The SMILES string of the molecule is CNc1ncn(CC(=O)Nc2cc(C)nc3ccccc23)c1C(=O)NC(C)=O. The molecule has 144 valence electrons. The molecule has 0 bridgehead atoms. The number of amides is 3. The van der Waals surface area contributed by atoms with Crippen molar-refractivity contribution in [2.45, 2.75) is 20.4 Å². The standard InChI is InChI=1S/C19H20N6O3/c1-11-8-15(13-6-4-5-7-14(13)22-11)24-16(27)9-25-10-21-18(20-3)17(25)19(28)23-12(2)26/h4-8,10,20H,9H2,1-3H3,(H,22,24,27)(H,23,26,28). The van der Waals surface area contributed by atoms with E-state index in [0.29, 0.717) is 5.69 Å². The van der Waals surface area contributed by atoms with E-state index in [2.05, 4.69) is 25.9 Å². The molecule has 0 saturated carbocycles. The van der Waals surface area contributed by atoms with E-state index in [0.717, 1.165) is 16.6 Å². The molecule has 2 aromatic heterocycles. The van der Waals surface area contributed by atoms with Gasteiger partial charge in [-0.05, 0) is 19.1 Å². The molecule has 1 aromatic carbocycles. The molecule has 3 aromatic rings. The summed E-state index contributed by atoms with van der Waals surface area (Å²) in [5.41, 5.74) is 2.29. The molecular formula is C19H20N6O3. The highest BCUT2D eigenvalue weighted by atomic mass is 16.2. The van der Waals surface area contributed by atoms with Crippen molar-refractivity contribution in [2.75, 3.05) is 17.7 Å². The van der Waals surface area contributed by atoms with E-state index >= 15 is 0 Å². The Morgan fingerprint density at radius 1 is 1.18 bits per heavy atom. The maximum Gasteiger partial charge on any atom is 0.278 e. The average molecular weight is 380 g/mol. The summed E-state index contributed by atoms with van der Waals surface area (Å²) in [6.07, 6.45) is 1.37. The Hall–Kier alpha value is -3.75. The first-order chi connectivity index (χ1) is 13.4. The highest BCUT2D eigenvalue weighted by Gasteiger charge is 2.21. The molecule has 0 aliphatic rings. The number of imidazole rings is 1. The van der Waals surface area contributed by atoms with Crippen molar-refractivity contribution in [1.29, 1.82) is 0 Å². The highest BCUT2D eigenvalue weighted by Crippen LogP contribution is 2.23.